The highest BCUT2D eigenvalue weighted by Crippen LogP contribution is 1.99. The third-order valence-corrected chi connectivity index (χ3v) is 2.19. The van der Waals surface area contributed by atoms with E-state index in [0.717, 1.165) is 6.54 Å². The fourth-order valence-electron chi connectivity index (χ4n) is 0.725. The highest BCUT2D eigenvalue weighted by Gasteiger charge is 2.03. The maximum atomic E-state index is 3.70. The number of hydrogen-bond donors (Lipinski definition) is 1. The topological polar surface area (TPSA) is 12.0 Å². The SMILES string of the molecule is C=C/C(C)=C\CNC(C)C(C)C. The second-order valence-electron chi connectivity index (χ2n) is 3.59. The molecule has 0 amide bonds. The minimum atomic E-state index is 0.582. The van der Waals surface area contributed by atoms with Gasteiger partial charge in [0.1, 0.15) is 0 Å². The highest BCUT2D eigenvalue weighted by molar-refractivity contribution is 5.13. The first-order valence-electron chi connectivity index (χ1n) is 4.60. The zero-order valence-corrected chi connectivity index (χ0v) is 8.72. The summed E-state index contributed by atoms with van der Waals surface area (Å²) in [4.78, 5) is 0. The molecule has 12 heavy (non-hydrogen) atoms. The van der Waals surface area contributed by atoms with Gasteiger partial charge >= 0.3 is 0 Å². The van der Waals surface area contributed by atoms with Crippen LogP contribution in [-0.4, -0.2) is 12.6 Å². The maximum absolute atomic E-state index is 3.70. The summed E-state index contributed by atoms with van der Waals surface area (Å²) in [5.74, 6) is 0.697. The fourth-order valence-corrected chi connectivity index (χ4v) is 0.725. The lowest BCUT2D eigenvalue weighted by Gasteiger charge is -2.15. The molecule has 0 aromatic carbocycles. The summed E-state index contributed by atoms with van der Waals surface area (Å²) in [6.45, 7) is 13.4. The van der Waals surface area contributed by atoms with Crippen LogP contribution in [-0.2, 0) is 0 Å². The predicted molar refractivity (Wildman–Crippen MR) is 56.3 cm³/mol. The van der Waals surface area contributed by atoms with Crippen LogP contribution in [0.25, 0.3) is 0 Å². The lowest BCUT2D eigenvalue weighted by Crippen LogP contribution is -2.30. The van der Waals surface area contributed by atoms with Gasteiger partial charge in [-0.05, 0) is 19.8 Å². The van der Waals surface area contributed by atoms with E-state index < -0.39 is 0 Å². The van der Waals surface area contributed by atoms with Crippen LogP contribution in [0.5, 0.6) is 0 Å². The van der Waals surface area contributed by atoms with Crippen LogP contribution in [0.2, 0.25) is 0 Å². The van der Waals surface area contributed by atoms with Crippen molar-refractivity contribution >= 4 is 0 Å². The lowest BCUT2D eigenvalue weighted by molar-refractivity contribution is 0.444. The molecule has 0 spiro atoms. The molecule has 1 nitrogen and oxygen atoms in total. The molecule has 0 aliphatic rings. The van der Waals surface area contributed by atoms with E-state index in [1.807, 2.05) is 6.08 Å². The lowest BCUT2D eigenvalue weighted by atomic mass is 10.1. The molecule has 0 fully saturated rings. The molecule has 0 rings (SSSR count). The molecule has 0 aliphatic heterocycles. The monoisotopic (exact) mass is 167 g/mol. The van der Waals surface area contributed by atoms with Gasteiger partial charge in [-0.15, -0.1) is 0 Å². The summed E-state index contributed by atoms with van der Waals surface area (Å²) in [5.41, 5.74) is 1.23. The van der Waals surface area contributed by atoms with Crippen molar-refractivity contribution in [2.75, 3.05) is 6.54 Å². The minimum absolute atomic E-state index is 0.582. The first-order valence-corrected chi connectivity index (χ1v) is 4.60. The second kappa shape index (κ2) is 6.01. The van der Waals surface area contributed by atoms with Gasteiger partial charge in [-0.25, -0.2) is 0 Å². The largest absolute Gasteiger partial charge is 0.311 e. The summed E-state index contributed by atoms with van der Waals surface area (Å²) in [6, 6.07) is 0.582. The van der Waals surface area contributed by atoms with Gasteiger partial charge in [0.05, 0.1) is 0 Å². The van der Waals surface area contributed by atoms with E-state index >= 15 is 0 Å². The van der Waals surface area contributed by atoms with E-state index in [-0.39, 0.29) is 0 Å². The van der Waals surface area contributed by atoms with Gasteiger partial charge in [-0.2, -0.15) is 0 Å². The Morgan fingerprint density at radius 2 is 2.00 bits per heavy atom. The van der Waals surface area contributed by atoms with Gasteiger partial charge in [-0.3, -0.25) is 0 Å². The van der Waals surface area contributed by atoms with Gasteiger partial charge < -0.3 is 5.32 Å². The Morgan fingerprint density at radius 1 is 1.42 bits per heavy atom. The van der Waals surface area contributed by atoms with E-state index in [1.54, 1.807) is 0 Å². The van der Waals surface area contributed by atoms with Crippen molar-refractivity contribution in [3.05, 3.63) is 24.3 Å². The van der Waals surface area contributed by atoms with Crippen LogP contribution in [0, 0.1) is 5.92 Å². The molecular formula is C11H21N. The summed E-state index contributed by atoms with van der Waals surface area (Å²) < 4.78 is 0. The molecule has 1 unspecified atom stereocenters. The Kier molecular flexibility index (Phi) is 5.73. The molecule has 0 heterocycles. The van der Waals surface area contributed by atoms with Gasteiger partial charge in [0.15, 0.2) is 0 Å². The zero-order chi connectivity index (χ0) is 9.56. The molecule has 70 valence electrons. The molecule has 0 aromatic rings. The summed E-state index contributed by atoms with van der Waals surface area (Å²) in [6.07, 6.45) is 4.04. The first-order chi connectivity index (χ1) is 5.57. The van der Waals surface area contributed by atoms with Crippen molar-refractivity contribution in [2.24, 2.45) is 5.92 Å². The van der Waals surface area contributed by atoms with E-state index in [9.17, 15) is 0 Å². The summed E-state index contributed by atoms with van der Waals surface area (Å²) in [5, 5.41) is 3.42. The van der Waals surface area contributed by atoms with Crippen LogP contribution >= 0.6 is 0 Å². The van der Waals surface area contributed by atoms with Gasteiger partial charge in [0.25, 0.3) is 0 Å². The van der Waals surface area contributed by atoms with Crippen LogP contribution in [0.4, 0.5) is 0 Å². The van der Waals surface area contributed by atoms with Crippen molar-refractivity contribution in [3.8, 4) is 0 Å². The molecule has 1 atom stereocenters. The van der Waals surface area contributed by atoms with E-state index in [4.69, 9.17) is 0 Å². The third-order valence-electron chi connectivity index (χ3n) is 2.19. The smallest absolute Gasteiger partial charge is 0.0143 e. The van der Waals surface area contributed by atoms with E-state index in [2.05, 4.69) is 45.7 Å². The molecule has 0 saturated heterocycles. The Balaban J connectivity index is 3.62. The molecule has 1 heteroatoms. The number of rotatable bonds is 5. The number of allylic oxidation sites excluding steroid dienone is 2. The third kappa shape index (κ3) is 5.14. The molecule has 0 radical (unpaired) electrons. The average Bonchev–Trinajstić information content (AvgIpc) is 2.03. The highest BCUT2D eigenvalue weighted by atomic mass is 14.9. The van der Waals surface area contributed by atoms with Gasteiger partial charge in [0, 0.05) is 12.6 Å². The van der Waals surface area contributed by atoms with Crippen molar-refractivity contribution in [1.82, 2.24) is 5.32 Å². The number of nitrogens with one attached hydrogen (secondary N) is 1. The molecule has 0 aliphatic carbocycles. The Morgan fingerprint density at radius 3 is 2.42 bits per heavy atom. The Hall–Kier alpha value is -0.560. The fraction of sp³-hybridized carbons (Fsp3) is 0.636. The Labute approximate surface area is 76.6 Å². The Bertz CT molecular complexity index is 156. The van der Waals surface area contributed by atoms with Crippen LogP contribution in [0.15, 0.2) is 24.3 Å². The van der Waals surface area contributed by atoms with Crippen molar-refractivity contribution < 1.29 is 0 Å². The van der Waals surface area contributed by atoms with Crippen LogP contribution in [0.1, 0.15) is 27.7 Å². The van der Waals surface area contributed by atoms with Crippen LogP contribution < -0.4 is 5.32 Å². The van der Waals surface area contributed by atoms with E-state index in [1.165, 1.54) is 5.57 Å². The van der Waals surface area contributed by atoms with Crippen LogP contribution in [0.3, 0.4) is 0 Å². The first kappa shape index (κ1) is 11.4. The molecular weight excluding hydrogens is 146 g/mol. The average molecular weight is 167 g/mol. The van der Waals surface area contributed by atoms with Crippen molar-refractivity contribution in [2.45, 2.75) is 33.7 Å². The molecule has 1 N–H and O–H groups in total. The summed E-state index contributed by atoms with van der Waals surface area (Å²) >= 11 is 0. The predicted octanol–water partition coefficient (Wildman–Crippen LogP) is 2.75. The molecule has 0 aromatic heterocycles. The summed E-state index contributed by atoms with van der Waals surface area (Å²) in [7, 11) is 0. The quantitative estimate of drug-likeness (QED) is 0.621. The van der Waals surface area contributed by atoms with Gasteiger partial charge in [0.2, 0.25) is 0 Å². The number of hydrogen-bond acceptors (Lipinski definition) is 1. The zero-order valence-electron chi connectivity index (χ0n) is 8.72. The normalized spacial score (nSPS) is 14.9. The molecule has 0 saturated carbocycles. The van der Waals surface area contributed by atoms with Gasteiger partial charge in [-0.1, -0.05) is 38.2 Å². The maximum Gasteiger partial charge on any atom is 0.0143 e. The second-order valence-corrected chi connectivity index (χ2v) is 3.59. The van der Waals surface area contributed by atoms with E-state index in [0.29, 0.717) is 12.0 Å². The van der Waals surface area contributed by atoms with Crippen molar-refractivity contribution in [1.29, 1.82) is 0 Å². The van der Waals surface area contributed by atoms with Crippen molar-refractivity contribution in [3.63, 3.8) is 0 Å². The molecule has 0 bridgehead atoms. The standard InChI is InChI=1S/C11H21N/c1-6-10(4)7-8-12-11(5)9(2)3/h6-7,9,11-12H,1,8H2,2-5H3/b10-7-. The minimum Gasteiger partial charge on any atom is -0.311 e.